The highest BCUT2D eigenvalue weighted by Gasteiger charge is 2.46. The molecule has 1 amide bonds. The van der Waals surface area contributed by atoms with Crippen LogP contribution in [-0.4, -0.2) is 57.9 Å². The van der Waals surface area contributed by atoms with Crippen molar-refractivity contribution in [2.75, 3.05) is 13.2 Å². The van der Waals surface area contributed by atoms with E-state index in [1.165, 1.54) is 29.2 Å². The van der Waals surface area contributed by atoms with Crippen molar-refractivity contribution in [3.05, 3.63) is 47.0 Å². The molecule has 12 heteroatoms. The first-order chi connectivity index (χ1) is 18.6. The quantitative estimate of drug-likeness (QED) is 0.282. The average molecular weight is 596 g/mol. The van der Waals surface area contributed by atoms with E-state index in [1.807, 2.05) is 13.8 Å². The first kappa shape index (κ1) is 30.0. The Hall–Kier alpha value is -3.02. The molecule has 0 aliphatic carbocycles. The van der Waals surface area contributed by atoms with Crippen LogP contribution in [-0.2, 0) is 9.47 Å². The molecule has 216 valence electrons. The summed E-state index contributed by atoms with van der Waals surface area (Å²) in [5, 5.41) is 9.24. The molecule has 2 heterocycles. The maximum absolute atomic E-state index is 15.1. The van der Waals surface area contributed by atoms with Crippen molar-refractivity contribution in [3.8, 4) is 32.6 Å². The van der Waals surface area contributed by atoms with Crippen molar-refractivity contribution in [1.29, 1.82) is 0 Å². The van der Waals surface area contributed by atoms with Crippen molar-refractivity contribution < 1.29 is 32.5 Å². The molecule has 0 radical (unpaired) electrons. The van der Waals surface area contributed by atoms with Gasteiger partial charge >= 0.3 is 6.09 Å². The number of aromatic nitrogens is 2. The number of nitrogens with zero attached hydrogens (tertiary/aromatic N) is 3. The number of benzene rings is 2. The van der Waals surface area contributed by atoms with Gasteiger partial charge in [0.2, 0.25) is 0 Å². The van der Waals surface area contributed by atoms with Crippen molar-refractivity contribution in [2.24, 2.45) is 0 Å². The highest BCUT2D eigenvalue weighted by Crippen LogP contribution is 2.38. The highest BCUT2D eigenvalue weighted by molar-refractivity contribution is 7.18. The molecule has 0 spiro atoms. The second kappa shape index (κ2) is 11.5. The summed E-state index contributed by atoms with van der Waals surface area (Å²) in [5.74, 6) is -1.13. The lowest BCUT2D eigenvalue weighted by Gasteiger charge is -2.35. The van der Waals surface area contributed by atoms with Crippen LogP contribution < -0.4 is 9.47 Å². The summed E-state index contributed by atoms with van der Waals surface area (Å²) in [5.41, 5.74) is -0.793. The molecule has 1 unspecified atom stereocenters. The maximum Gasteiger partial charge on any atom is 0.413 e. The molecular formula is C28H32ClF2N3O5S. The summed E-state index contributed by atoms with van der Waals surface area (Å²) < 4.78 is 52.1. The van der Waals surface area contributed by atoms with Gasteiger partial charge in [-0.1, -0.05) is 22.9 Å². The fourth-order valence-corrected chi connectivity index (χ4v) is 5.28. The summed E-state index contributed by atoms with van der Waals surface area (Å²) in [4.78, 5) is 14.3. The maximum atomic E-state index is 15.1. The monoisotopic (exact) mass is 595 g/mol. The summed E-state index contributed by atoms with van der Waals surface area (Å²) in [6, 6.07) is 6.58. The van der Waals surface area contributed by atoms with E-state index < -0.39 is 35.1 Å². The van der Waals surface area contributed by atoms with E-state index in [1.54, 1.807) is 40.7 Å². The zero-order valence-electron chi connectivity index (χ0n) is 23.4. The van der Waals surface area contributed by atoms with Gasteiger partial charge in [0.05, 0.1) is 23.8 Å². The van der Waals surface area contributed by atoms with E-state index >= 15 is 4.39 Å². The number of carbonyl (C=O) groups is 1. The van der Waals surface area contributed by atoms with Crippen LogP contribution in [0, 0.1) is 11.6 Å². The van der Waals surface area contributed by atoms with Crippen molar-refractivity contribution in [3.63, 3.8) is 0 Å². The Morgan fingerprint density at radius 2 is 1.82 bits per heavy atom. The minimum absolute atomic E-state index is 0.0414. The van der Waals surface area contributed by atoms with Crippen molar-refractivity contribution in [1.82, 2.24) is 15.1 Å². The predicted molar refractivity (Wildman–Crippen MR) is 149 cm³/mol. The lowest BCUT2D eigenvalue weighted by Crippen LogP contribution is -2.51. The Morgan fingerprint density at radius 3 is 2.48 bits per heavy atom. The van der Waals surface area contributed by atoms with E-state index in [0.29, 0.717) is 21.1 Å². The molecule has 4 rings (SSSR count). The summed E-state index contributed by atoms with van der Waals surface area (Å²) in [6.45, 7) is 12.6. The van der Waals surface area contributed by atoms with E-state index in [-0.39, 0.29) is 35.8 Å². The molecule has 0 saturated carbocycles. The molecule has 40 heavy (non-hydrogen) atoms. The summed E-state index contributed by atoms with van der Waals surface area (Å²) in [7, 11) is 0. The van der Waals surface area contributed by atoms with Crippen molar-refractivity contribution in [2.45, 2.75) is 71.9 Å². The van der Waals surface area contributed by atoms with Crippen LogP contribution in [0.15, 0.2) is 30.3 Å². The van der Waals surface area contributed by atoms with Gasteiger partial charge in [0.1, 0.15) is 27.9 Å². The third kappa shape index (κ3) is 6.82. The van der Waals surface area contributed by atoms with Gasteiger partial charge in [-0.05, 0) is 72.7 Å². The normalized spacial score (nSPS) is 16.9. The molecule has 1 aliphatic rings. The molecule has 3 aromatic rings. The van der Waals surface area contributed by atoms with Gasteiger partial charge in [0, 0.05) is 17.2 Å². The van der Waals surface area contributed by atoms with Crippen LogP contribution in [0.2, 0.25) is 5.02 Å². The number of ether oxygens (including phenoxy) is 4. The van der Waals surface area contributed by atoms with Crippen LogP contribution in [0.3, 0.4) is 0 Å². The number of hydrogen-bond acceptors (Lipinski definition) is 8. The Balaban J connectivity index is 1.49. The largest absolute Gasteiger partial charge is 0.488 e. The van der Waals surface area contributed by atoms with E-state index in [0.717, 1.165) is 11.3 Å². The van der Waals surface area contributed by atoms with Gasteiger partial charge in [-0.3, -0.25) is 4.90 Å². The fourth-order valence-electron chi connectivity index (χ4n) is 4.11. The first-order valence-corrected chi connectivity index (χ1v) is 13.9. The number of halogens is 3. The standard InChI is InChI=1S/C28H32ClF2N3O5S/c1-15(2)38-22-9-8-16(10-20(22)30)24-32-33-25(40-24)18-11-21(31)23(12-19(18)29)36-13-17-14-37-28(6,7)34(17)26(35)39-27(3,4)5/h8-12,15,17H,13-14H2,1-7H3. The zero-order chi connectivity index (χ0) is 29.4. The third-order valence-electron chi connectivity index (χ3n) is 5.81. The average Bonchev–Trinajstić information content (AvgIpc) is 3.43. The Morgan fingerprint density at radius 1 is 1.15 bits per heavy atom. The smallest absolute Gasteiger partial charge is 0.413 e. The molecule has 1 fully saturated rings. The number of amides is 1. The fraction of sp³-hybridized carbons (Fsp3) is 0.464. The summed E-state index contributed by atoms with van der Waals surface area (Å²) in [6.07, 6.45) is -0.716. The lowest BCUT2D eigenvalue weighted by molar-refractivity contribution is -0.0637. The molecule has 1 atom stereocenters. The molecule has 0 N–H and O–H groups in total. The van der Waals surface area contributed by atoms with Crippen molar-refractivity contribution >= 4 is 29.0 Å². The zero-order valence-corrected chi connectivity index (χ0v) is 25.0. The van der Waals surface area contributed by atoms with E-state index in [9.17, 15) is 9.18 Å². The Kier molecular flexibility index (Phi) is 8.58. The SMILES string of the molecule is CC(C)Oc1ccc(-c2nnc(-c3cc(F)c(OCC4COC(C)(C)N4C(=O)OC(C)(C)C)cc3Cl)s2)cc1F. The molecule has 2 aromatic carbocycles. The Bertz CT molecular complexity index is 1390. The molecule has 0 bridgehead atoms. The Labute approximate surface area is 241 Å². The predicted octanol–water partition coefficient (Wildman–Crippen LogP) is 7.34. The van der Waals surface area contributed by atoms with Gasteiger partial charge in [-0.2, -0.15) is 0 Å². The third-order valence-corrected chi connectivity index (χ3v) is 7.13. The van der Waals surface area contributed by atoms with E-state index in [2.05, 4.69) is 10.2 Å². The second-order valence-electron chi connectivity index (χ2n) is 11.1. The molecular weight excluding hydrogens is 564 g/mol. The molecule has 1 aliphatic heterocycles. The number of rotatable bonds is 7. The molecule has 8 nitrogen and oxygen atoms in total. The van der Waals surface area contributed by atoms with Gasteiger partial charge in [0.15, 0.2) is 23.1 Å². The minimum atomic E-state index is -0.920. The number of hydrogen-bond donors (Lipinski definition) is 0. The lowest BCUT2D eigenvalue weighted by atomic mass is 10.2. The van der Waals surface area contributed by atoms with Crippen LogP contribution in [0.4, 0.5) is 13.6 Å². The topological polar surface area (TPSA) is 83.0 Å². The van der Waals surface area contributed by atoms with E-state index in [4.69, 9.17) is 30.5 Å². The van der Waals surface area contributed by atoms with Gasteiger partial charge in [-0.25, -0.2) is 13.6 Å². The summed E-state index contributed by atoms with van der Waals surface area (Å²) >= 11 is 7.63. The van der Waals surface area contributed by atoms with Gasteiger partial charge in [-0.15, -0.1) is 10.2 Å². The number of carbonyl (C=O) groups excluding carboxylic acids is 1. The van der Waals surface area contributed by atoms with Crippen LogP contribution >= 0.6 is 22.9 Å². The van der Waals surface area contributed by atoms with Gasteiger partial charge in [0.25, 0.3) is 0 Å². The second-order valence-corrected chi connectivity index (χ2v) is 12.4. The minimum Gasteiger partial charge on any atom is -0.488 e. The molecule has 1 saturated heterocycles. The van der Waals surface area contributed by atoms with Crippen LogP contribution in [0.5, 0.6) is 11.5 Å². The molecule has 1 aromatic heterocycles. The highest BCUT2D eigenvalue weighted by atomic mass is 35.5. The van der Waals surface area contributed by atoms with Crippen LogP contribution in [0.25, 0.3) is 21.1 Å². The van der Waals surface area contributed by atoms with Gasteiger partial charge < -0.3 is 18.9 Å². The van der Waals surface area contributed by atoms with Crippen LogP contribution in [0.1, 0.15) is 48.5 Å². The first-order valence-electron chi connectivity index (χ1n) is 12.7.